The lowest BCUT2D eigenvalue weighted by molar-refractivity contribution is -0.0766. The molecule has 0 aromatic carbocycles. The summed E-state index contributed by atoms with van der Waals surface area (Å²) in [5.41, 5.74) is -1.48. The van der Waals surface area contributed by atoms with E-state index in [1.807, 2.05) is 0 Å². The highest BCUT2D eigenvalue weighted by Crippen LogP contribution is 2.40. The molecule has 116 valence electrons. The van der Waals surface area contributed by atoms with Gasteiger partial charge in [-0.05, 0) is 15.9 Å². The predicted molar refractivity (Wildman–Crippen MR) is 80.2 cm³/mol. The quantitative estimate of drug-likeness (QED) is 0.459. The molecule has 1 saturated heterocycles. The number of aromatic amines is 1. The van der Waals surface area contributed by atoms with Crippen LogP contribution >= 0.6 is 31.9 Å². The van der Waals surface area contributed by atoms with Gasteiger partial charge in [-0.15, -0.1) is 0 Å². The molecular formula is C11H12Br2N2O6. The molecule has 10 heteroatoms. The van der Waals surface area contributed by atoms with E-state index in [4.69, 9.17) is 9.84 Å². The van der Waals surface area contributed by atoms with Gasteiger partial charge in [0, 0.05) is 10.7 Å². The number of nitrogens with one attached hydrogen (secondary N) is 1. The summed E-state index contributed by atoms with van der Waals surface area (Å²) in [7, 11) is 0. The van der Waals surface area contributed by atoms with Crippen LogP contribution in [0.3, 0.4) is 0 Å². The fraction of sp³-hybridized carbons (Fsp3) is 0.455. The highest BCUT2D eigenvalue weighted by Gasteiger charge is 2.54. The summed E-state index contributed by atoms with van der Waals surface area (Å²) < 4.78 is 4.60. The Morgan fingerprint density at radius 2 is 2.14 bits per heavy atom. The van der Waals surface area contributed by atoms with Crippen LogP contribution in [0.25, 0.3) is 4.48 Å². The predicted octanol–water partition coefficient (Wildman–Crippen LogP) is -0.980. The second-order valence-electron chi connectivity index (χ2n) is 4.46. The first-order valence-corrected chi connectivity index (χ1v) is 7.36. The van der Waals surface area contributed by atoms with E-state index in [1.54, 1.807) is 0 Å². The molecule has 2 heterocycles. The van der Waals surface area contributed by atoms with Crippen molar-refractivity contribution in [3.63, 3.8) is 0 Å². The van der Waals surface area contributed by atoms with Crippen molar-refractivity contribution < 1.29 is 20.1 Å². The van der Waals surface area contributed by atoms with Gasteiger partial charge in [-0.25, -0.2) is 4.79 Å². The van der Waals surface area contributed by atoms with E-state index in [0.717, 1.165) is 10.8 Å². The van der Waals surface area contributed by atoms with Crippen molar-refractivity contribution >= 4 is 36.3 Å². The molecule has 0 bridgehead atoms. The standard InChI is InChI=1S/C11H12Br2N2O6/c1-4(12)5-2-15(10(20)14-9(5)19)11(13)8(18)7(17)6(3-16)21-11/h2,6-8,16-18H,1,3H2,(H,14,19,20)/t6-,7-,8-,11+/m1/s1. The first-order valence-electron chi connectivity index (χ1n) is 5.77. The first kappa shape index (κ1) is 16.6. The Kier molecular flexibility index (Phi) is 4.57. The highest BCUT2D eigenvalue weighted by atomic mass is 79.9. The zero-order chi connectivity index (χ0) is 15.9. The number of aliphatic hydroxyl groups is 3. The minimum Gasteiger partial charge on any atom is -0.394 e. The number of rotatable bonds is 3. The van der Waals surface area contributed by atoms with Gasteiger partial charge in [-0.3, -0.25) is 14.3 Å². The fourth-order valence-electron chi connectivity index (χ4n) is 2.00. The Morgan fingerprint density at radius 1 is 1.52 bits per heavy atom. The molecule has 0 aliphatic carbocycles. The second kappa shape index (κ2) is 5.78. The molecule has 1 aliphatic rings. The average molecular weight is 428 g/mol. The average Bonchev–Trinajstić information content (AvgIpc) is 2.63. The molecule has 0 amide bonds. The summed E-state index contributed by atoms with van der Waals surface area (Å²) >= 11 is 6.09. The second-order valence-corrected chi connectivity index (χ2v) is 6.55. The lowest BCUT2D eigenvalue weighted by atomic mass is 10.1. The molecule has 1 fully saturated rings. The van der Waals surface area contributed by atoms with Gasteiger partial charge in [-0.2, -0.15) is 0 Å². The molecule has 4 N–H and O–H groups in total. The Bertz CT molecular complexity index is 686. The molecule has 8 nitrogen and oxygen atoms in total. The van der Waals surface area contributed by atoms with E-state index in [-0.39, 0.29) is 10.0 Å². The van der Waals surface area contributed by atoms with Crippen LogP contribution in [-0.2, 0) is 9.37 Å². The summed E-state index contributed by atoms with van der Waals surface area (Å²) in [6.45, 7) is 2.99. The number of hydrogen-bond acceptors (Lipinski definition) is 6. The largest absolute Gasteiger partial charge is 0.394 e. The SMILES string of the molecule is C=C(Br)c1cn([C@]2(Br)O[C@H](CO)[C@@H](O)[C@H]2O)c(=O)[nH]c1=O. The zero-order valence-corrected chi connectivity index (χ0v) is 13.7. The van der Waals surface area contributed by atoms with Crippen LogP contribution in [0.4, 0.5) is 0 Å². The maximum atomic E-state index is 12.0. The molecule has 4 atom stereocenters. The number of aliphatic hydroxyl groups excluding tert-OH is 3. The molecule has 0 radical (unpaired) electrons. The number of ether oxygens (including phenoxy) is 1. The van der Waals surface area contributed by atoms with Crippen LogP contribution in [0.1, 0.15) is 5.56 Å². The van der Waals surface area contributed by atoms with E-state index in [9.17, 15) is 19.8 Å². The molecule has 1 aliphatic heterocycles. The van der Waals surface area contributed by atoms with Gasteiger partial charge in [0.15, 0.2) is 0 Å². The van der Waals surface area contributed by atoms with Crippen molar-refractivity contribution in [2.75, 3.05) is 6.61 Å². The minimum absolute atomic E-state index is 0.0474. The summed E-state index contributed by atoms with van der Waals surface area (Å²) in [4.78, 5) is 25.7. The smallest absolute Gasteiger partial charge is 0.331 e. The lowest BCUT2D eigenvalue weighted by Gasteiger charge is -2.27. The van der Waals surface area contributed by atoms with E-state index < -0.39 is 40.8 Å². The number of hydrogen-bond donors (Lipinski definition) is 4. The summed E-state index contributed by atoms with van der Waals surface area (Å²) in [5.74, 6) is 0. The van der Waals surface area contributed by atoms with E-state index in [1.165, 1.54) is 0 Å². The van der Waals surface area contributed by atoms with Crippen molar-refractivity contribution in [2.24, 2.45) is 0 Å². The van der Waals surface area contributed by atoms with E-state index in [2.05, 4.69) is 43.4 Å². The van der Waals surface area contributed by atoms with Gasteiger partial charge < -0.3 is 20.1 Å². The summed E-state index contributed by atoms with van der Waals surface area (Å²) in [5, 5.41) is 29.0. The molecule has 0 saturated carbocycles. The Hall–Kier alpha value is -0.780. The van der Waals surface area contributed by atoms with Crippen molar-refractivity contribution in [3.05, 3.63) is 39.2 Å². The Morgan fingerprint density at radius 3 is 2.62 bits per heavy atom. The zero-order valence-electron chi connectivity index (χ0n) is 10.5. The minimum atomic E-state index is -1.82. The van der Waals surface area contributed by atoms with E-state index >= 15 is 0 Å². The van der Waals surface area contributed by atoms with Crippen LogP contribution in [-0.4, -0.2) is 49.8 Å². The number of nitrogens with zero attached hydrogens (tertiary/aromatic N) is 1. The maximum absolute atomic E-state index is 12.0. The van der Waals surface area contributed by atoms with Crippen LogP contribution in [0.2, 0.25) is 0 Å². The molecule has 2 rings (SSSR count). The topological polar surface area (TPSA) is 125 Å². The summed E-state index contributed by atoms with van der Waals surface area (Å²) in [6, 6.07) is 0. The van der Waals surface area contributed by atoms with Crippen LogP contribution in [0.15, 0.2) is 22.4 Å². The van der Waals surface area contributed by atoms with Gasteiger partial charge in [0.1, 0.15) is 18.3 Å². The fourth-order valence-corrected chi connectivity index (χ4v) is 3.06. The van der Waals surface area contributed by atoms with Crippen LogP contribution in [0.5, 0.6) is 0 Å². The molecular weight excluding hydrogens is 416 g/mol. The van der Waals surface area contributed by atoms with Crippen LogP contribution < -0.4 is 11.2 Å². The highest BCUT2D eigenvalue weighted by molar-refractivity contribution is 9.15. The van der Waals surface area contributed by atoms with Gasteiger partial charge in [0.05, 0.1) is 12.2 Å². The molecule has 1 aromatic heterocycles. The Labute approximate surface area is 134 Å². The third kappa shape index (κ3) is 2.67. The third-order valence-electron chi connectivity index (χ3n) is 3.13. The maximum Gasteiger partial charge on any atom is 0.331 e. The lowest BCUT2D eigenvalue weighted by Crippen LogP contribution is -2.48. The van der Waals surface area contributed by atoms with E-state index in [0.29, 0.717) is 0 Å². The molecule has 0 spiro atoms. The molecule has 1 aromatic rings. The summed E-state index contributed by atoms with van der Waals surface area (Å²) in [6.07, 6.45) is -2.92. The molecule has 21 heavy (non-hydrogen) atoms. The number of aromatic nitrogens is 2. The van der Waals surface area contributed by atoms with Crippen molar-refractivity contribution in [1.82, 2.24) is 9.55 Å². The van der Waals surface area contributed by atoms with Crippen molar-refractivity contribution in [1.29, 1.82) is 0 Å². The van der Waals surface area contributed by atoms with Crippen molar-refractivity contribution in [2.45, 2.75) is 22.9 Å². The Balaban J connectivity index is 2.61. The number of halogens is 2. The third-order valence-corrected chi connectivity index (χ3v) is 4.59. The number of H-pyrrole nitrogens is 1. The van der Waals surface area contributed by atoms with Gasteiger partial charge in [0.25, 0.3) is 5.56 Å². The van der Waals surface area contributed by atoms with Crippen LogP contribution in [0, 0.1) is 0 Å². The number of alkyl halides is 1. The first-order chi connectivity index (χ1) is 9.72. The van der Waals surface area contributed by atoms with Crippen molar-refractivity contribution in [3.8, 4) is 0 Å². The van der Waals surface area contributed by atoms with Gasteiger partial charge in [-0.1, -0.05) is 22.5 Å². The molecule has 0 unspecified atom stereocenters. The van der Waals surface area contributed by atoms with Gasteiger partial charge in [0.2, 0.25) is 4.63 Å². The van der Waals surface area contributed by atoms with Gasteiger partial charge >= 0.3 is 5.69 Å². The normalized spacial score (nSPS) is 32.3. The monoisotopic (exact) mass is 426 g/mol.